The molecule has 0 spiro atoms. The van der Waals surface area contributed by atoms with Crippen LogP contribution in [-0.4, -0.2) is 51.1 Å². The summed E-state index contributed by atoms with van der Waals surface area (Å²) in [5.74, 6) is 0.624. The van der Waals surface area contributed by atoms with E-state index in [4.69, 9.17) is 18.6 Å². The number of carbonyl (C=O) groups is 2. The zero-order valence-corrected chi connectivity index (χ0v) is 27.2. The highest BCUT2D eigenvalue weighted by Gasteiger charge is 2.49. The van der Waals surface area contributed by atoms with Crippen molar-refractivity contribution >= 4 is 36.3 Å². The monoisotopic (exact) mass is 620 g/mol. The molecule has 8 heteroatoms. The molecule has 6 nitrogen and oxygen atoms in total. The molecule has 0 fully saturated rings. The van der Waals surface area contributed by atoms with E-state index < -0.39 is 32.0 Å². The molecular formula is C31H45BrO6Si. The van der Waals surface area contributed by atoms with Crippen LogP contribution < -0.4 is 4.74 Å². The molecule has 0 saturated heterocycles. The predicted molar refractivity (Wildman–Crippen MR) is 162 cm³/mol. The van der Waals surface area contributed by atoms with Crippen molar-refractivity contribution in [2.24, 2.45) is 5.41 Å². The van der Waals surface area contributed by atoms with E-state index in [1.807, 2.05) is 68.4 Å². The molecule has 0 radical (unpaired) electrons. The van der Waals surface area contributed by atoms with Gasteiger partial charge in [-0.3, -0.25) is 4.79 Å². The van der Waals surface area contributed by atoms with Crippen LogP contribution in [0.1, 0.15) is 52.2 Å². The van der Waals surface area contributed by atoms with Gasteiger partial charge in [-0.15, -0.1) is 0 Å². The highest BCUT2D eigenvalue weighted by atomic mass is 79.9. The normalized spacial score (nSPS) is 14.9. The summed E-state index contributed by atoms with van der Waals surface area (Å²) in [6.45, 7) is 15.4. The quantitative estimate of drug-likeness (QED) is 0.113. The minimum Gasteiger partial charge on any atom is -0.497 e. The van der Waals surface area contributed by atoms with Gasteiger partial charge in [0.05, 0.1) is 37.9 Å². The average Bonchev–Trinajstić information content (AvgIpc) is 2.89. The standard InChI is InChI=1S/C31H45BrO6Si/c1-30(2,3)39(7,8)38-27(18-19-33)31(4,5)29(37-22-24-14-16-25(35-6)17-15-24)28(26(34)20-32)36-21-23-12-10-9-11-13-23/h9-17,19,27-29H,18,20-22H2,1-8H3/t27-,28-,29-/m0/s1. The van der Waals surface area contributed by atoms with Crippen LogP contribution in [0.2, 0.25) is 18.1 Å². The van der Waals surface area contributed by atoms with Gasteiger partial charge >= 0.3 is 0 Å². The third kappa shape index (κ3) is 9.35. The third-order valence-corrected chi connectivity index (χ3v) is 12.7. The number of rotatable bonds is 16. The van der Waals surface area contributed by atoms with Crippen LogP contribution in [0.25, 0.3) is 0 Å². The number of carbonyl (C=O) groups excluding carboxylic acids is 2. The van der Waals surface area contributed by atoms with Gasteiger partial charge in [0, 0.05) is 11.8 Å². The molecule has 0 N–H and O–H groups in total. The number of alkyl halides is 1. The summed E-state index contributed by atoms with van der Waals surface area (Å²) in [4.78, 5) is 25.3. The zero-order valence-electron chi connectivity index (χ0n) is 24.7. The largest absolute Gasteiger partial charge is 0.497 e. The number of ketones is 1. The predicted octanol–water partition coefficient (Wildman–Crippen LogP) is 7.14. The van der Waals surface area contributed by atoms with Gasteiger partial charge in [0.15, 0.2) is 14.1 Å². The van der Waals surface area contributed by atoms with Crippen LogP contribution in [0, 0.1) is 5.41 Å². The molecule has 2 rings (SSSR count). The van der Waals surface area contributed by atoms with Crippen molar-refractivity contribution in [1.82, 2.24) is 0 Å². The van der Waals surface area contributed by atoms with E-state index >= 15 is 0 Å². The Morgan fingerprint density at radius 3 is 2.00 bits per heavy atom. The molecule has 0 aliphatic carbocycles. The Labute approximate surface area is 244 Å². The second-order valence-electron chi connectivity index (χ2n) is 12.0. The maximum absolute atomic E-state index is 13.4. The van der Waals surface area contributed by atoms with Crippen molar-refractivity contribution in [1.29, 1.82) is 0 Å². The van der Waals surface area contributed by atoms with Gasteiger partial charge in [0.25, 0.3) is 0 Å². The topological polar surface area (TPSA) is 71.1 Å². The molecule has 3 atom stereocenters. The number of ether oxygens (including phenoxy) is 3. The van der Waals surface area contributed by atoms with Crippen LogP contribution in [-0.2, 0) is 36.7 Å². The Bertz CT molecular complexity index is 1030. The molecule has 216 valence electrons. The first-order valence-electron chi connectivity index (χ1n) is 13.4. The van der Waals surface area contributed by atoms with E-state index in [0.29, 0.717) is 0 Å². The summed E-state index contributed by atoms with van der Waals surface area (Å²) in [6, 6.07) is 17.4. The summed E-state index contributed by atoms with van der Waals surface area (Å²) in [6.07, 6.45) is -0.956. The zero-order chi connectivity index (χ0) is 29.3. The van der Waals surface area contributed by atoms with E-state index in [9.17, 15) is 9.59 Å². The van der Waals surface area contributed by atoms with Gasteiger partial charge in [-0.05, 0) is 41.4 Å². The van der Waals surface area contributed by atoms with E-state index in [2.05, 4.69) is 49.8 Å². The number of aldehydes is 1. The number of hydrogen-bond acceptors (Lipinski definition) is 6. The van der Waals surface area contributed by atoms with Gasteiger partial charge in [-0.2, -0.15) is 0 Å². The highest BCUT2D eigenvalue weighted by Crippen LogP contribution is 2.43. The molecular weight excluding hydrogens is 576 g/mol. The Balaban J connectivity index is 2.49. The van der Waals surface area contributed by atoms with E-state index in [1.165, 1.54) is 0 Å². The molecule has 0 aliphatic rings. The lowest BCUT2D eigenvalue weighted by Gasteiger charge is -2.47. The molecule has 0 unspecified atom stereocenters. The first-order valence-corrected chi connectivity index (χ1v) is 17.4. The SMILES string of the molecule is COc1ccc(CO[C@@H]([C@@H](OCc2ccccc2)C(=O)CBr)C(C)(C)[C@H](CC=O)O[Si](C)(C)C(C)(C)C)cc1. The Kier molecular flexibility index (Phi) is 12.6. The van der Waals surface area contributed by atoms with Crippen molar-refractivity contribution < 1.29 is 28.2 Å². The van der Waals surface area contributed by atoms with Crippen molar-refractivity contribution in [3.63, 3.8) is 0 Å². The fraction of sp³-hybridized carbons (Fsp3) is 0.548. The van der Waals surface area contributed by atoms with Gasteiger partial charge in [0.1, 0.15) is 18.1 Å². The fourth-order valence-corrected chi connectivity index (χ4v) is 5.88. The number of benzene rings is 2. The minimum atomic E-state index is -2.26. The fourth-order valence-electron chi connectivity index (χ4n) is 4.09. The van der Waals surface area contributed by atoms with Crippen LogP contribution in [0.5, 0.6) is 5.75 Å². The Morgan fingerprint density at radius 2 is 1.49 bits per heavy atom. The molecule has 39 heavy (non-hydrogen) atoms. The lowest BCUT2D eigenvalue weighted by Crippen LogP contribution is -2.56. The van der Waals surface area contributed by atoms with Crippen LogP contribution in [0.3, 0.4) is 0 Å². The van der Waals surface area contributed by atoms with Crippen LogP contribution >= 0.6 is 15.9 Å². The summed E-state index contributed by atoms with van der Waals surface area (Å²) < 4.78 is 25.0. The van der Waals surface area contributed by atoms with E-state index in [0.717, 1.165) is 23.2 Å². The number of methoxy groups -OCH3 is 1. The van der Waals surface area contributed by atoms with Crippen molar-refractivity contribution in [2.45, 2.75) is 90.7 Å². The number of Topliss-reactive ketones (excluding diaryl/α,β-unsaturated/α-hetero) is 1. The first kappa shape index (κ1) is 33.4. The second-order valence-corrected chi connectivity index (χ2v) is 17.3. The summed E-state index contributed by atoms with van der Waals surface area (Å²) in [5.41, 5.74) is 1.14. The molecule has 0 bridgehead atoms. The number of halogens is 1. The van der Waals surface area contributed by atoms with E-state index in [-0.39, 0.29) is 35.8 Å². The third-order valence-electron chi connectivity index (χ3n) is 7.70. The molecule has 2 aromatic rings. The minimum absolute atomic E-state index is 0.0570. The Hall–Kier alpha value is -1.84. The molecule has 0 saturated carbocycles. The molecule has 2 aromatic carbocycles. The van der Waals surface area contributed by atoms with Crippen LogP contribution in [0.15, 0.2) is 54.6 Å². The first-order chi connectivity index (χ1) is 18.3. The molecule has 0 heterocycles. The van der Waals surface area contributed by atoms with E-state index in [1.54, 1.807) is 7.11 Å². The second kappa shape index (κ2) is 14.7. The van der Waals surface area contributed by atoms with Gasteiger partial charge in [0.2, 0.25) is 0 Å². The van der Waals surface area contributed by atoms with Crippen molar-refractivity contribution in [3.8, 4) is 5.75 Å². The number of hydrogen-bond donors (Lipinski definition) is 0. The van der Waals surface area contributed by atoms with Gasteiger partial charge in [-0.1, -0.05) is 93.0 Å². The maximum atomic E-state index is 13.4. The van der Waals surface area contributed by atoms with Crippen molar-refractivity contribution in [3.05, 3.63) is 65.7 Å². The summed E-state index contributed by atoms with van der Waals surface area (Å²) >= 11 is 3.35. The van der Waals surface area contributed by atoms with Gasteiger partial charge < -0.3 is 23.4 Å². The highest BCUT2D eigenvalue weighted by molar-refractivity contribution is 9.09. The summed E-state index contributed by atoms with van der Waals surface area (Å²) in [7, 11) is -0.638. The lowest BCUT2D eigenvalue weighted by atomic mass is 9.76. The smallest absolute Gasteiger partial charge is 0.192 e. The van der Waals surface area contributed by atoms with Crippen molar-refractivity contribution in [2.75, 3.05) is 12.4 Å². The summed E-state index contributed by atoms with van der Waals surface area (Å²) in [5, 5.41) is 0.0604. The van der Waals surface area contributed by atoms with Crippen LogP contribution in [0.4, 0.5) is 0 Å². The molecule has 0 aliphatic heterocycles. The lowest BCUT2D eigenvalue weighted by molar-refractivity contribution is -0.170. The maximum Gasteiger partial charge on any atom is 0.192 e. The molecule has 0 amide bonds. The molecule has 0 aromatic heterocycles. The Morgan fingerprint density at radius 1 is 0.923 bits per heavy atom. The van der Waals surface area contributed by atoms with Gasteiger partial charge in [-0.25, -0.2) is 0 Å². The average molecular weight is 622 g/mol.